The molecule has 0 radical (unpaired) electrons. The second-order valence-electron chi connectivity index (χ2n) is 4.30. The van der Waals surface area contributed by atoms with Gasteiger partial charge in [-0.2, -0.15) is 13.2 Å². The van der Waals surface area contributed by atoms with E-state index in [1.165, 1.54) is 37.4 Å². The highest BCUT2D eigenvalue weighted by atomic mass is 35.5. The van der Waals surface area contributed by atoms with Crippen LogP contribution in [0.1, 0.15) is 15.9 Å². The van der Waals surface area contributed by atoms with Crippen LogP contribution in [0, 0.1) is 0 Å². The van der Waals surface area contributed by atoms with Crippen molar-refractivity contribution in [2.45, 2.75) is 6.18 Å². The number of hydrogen-bond acceptors (Lipinski definition) is 2. The van der Waals surface area contributed by atoms with E-state index in [9.17, 15) is 18.0 Å². The van der Waals surface area contributed by atoms with Gasteiger partial charge in [-0.15, -0.1) is 0 Å². The van der Waals surface area contributed by atoms with Crippen molar-refractivity contribution >= 4 is 17.6 Å². The van der Waals surface area contributed by atoms with Gasteiger partial charge in [0.1, 0.15) is 0 Å². The fraction of sp³-hybridized carbons (Fsp3) is 0.133. The second-order valence-corrected chi connectivity index (χ2v) is 4.73. The zero-order chi connectivity index (χ0) is 15.6. The Labute approximate surface area is 124 Å². The zero-order valence-corrected chi connectivity index (χ0v) is 11.6. The molecule has 0 saturated heterocycles. The van der Waals surface area contributed by atoms with Crippen molar-refractivity contribution in [2.24, 2.45) is 0 Å². The molecule has 2 nitrogen and oxygen atoms in total. The third kappa shape index (κ3) is 3.55. The molecule has 0 aliphatic heterocycles. The van der Waals surface area contributed by atoms with E-state index in [-0.39, 0.29) is 5.02 Å². The van der Waals surface area contributed by atoms with Gasteiger partial charge in [0.25, 0.3) is 0 Å². The van der Waals surface area contributed by atoms with Crippen LogP contribution in [0.25, 0.3) is 11.1 Å². The normalized spacial score (nSPS) is 11.3. The topological polar surface area (TPSA) is 26.3 Å². The molecule has 2 rings (SSSR count). The number of hydrogen-bond donors (Lipinski definition) is 0. The molecular formula is C15H10ClF3O2. The number of halogens is 4. The highest BCUT2D eigenvalue weighted by Crippen LogP contribution is 2.34. The Morgan fingerprint density at radius 3 is 2.19 bits per heavy atom. The average molecular weight is 315 g/mol. The van der Waals surface area contributed by atoms with Crippen LogP contribution in [0.15, 0.2) is 42.5 Å². The Bertz CT molecular complexity index is 664. The molecule has 110 valence electrons. The molecule has 2 aromatic carbocycles. The largest absolute Gasteiger partial charge is 0.465 e. The van der Waals surface area contributed by atoms with Gasteiger partial charge in [-0.25, -0.2) is 4.79 Å². The molecule has 0 unspecified atom stereocenters. The SMILES string of the molecule is COC(=O)c1ccc(-c2cc(Cl)cc(C(F)(F)F)c2)cc1. The molecule has 0 bridgehead atoms. The van der Waals surface area contributed by atoms with Crippen LogP contribution in [0.3, 0.4) is 0 Å². The monoisotopic (exact) mass is 314 g/mol. The number of rotatable bonds is 2. The molecule has 6 heteroatoms. The number of esters is 1. The second kappa shape index (κ2) is 5.77. The quantitative estimate of drug-likeness (QED) is 0.743. The molecule has 0 fully saturated rings. The summed E-state index contributed by atoms with van der Waals surface area (Å²) in [6, 6.07) is 9.36. The fourth-order valence-corrected chi connectivity index (χ4v) is 2.07. The molecule has 0 N–H and O–H groups in total. The Morgan fingerprint density at radius 1 is 1.05 bits per heavy atom. The number of benzene rings is 2. The maximum Gasteiger partial charge on any atom is 0.416 e. The first-order valence-electron chi connectivity index (χ1n) is 5.88. The summed E-state index contributed by atoms with van der Waals surface area (Å²) in [6.07, 6.45) is -4.47. The van der Waals surface area contributed by atoms with Gasteiger partial charge in [-0.05, 0) is 41.5 Å². The van der Waals surface area contributed by atoms with Gasteiger partial charge in [0.15, 0.2) is 0 Å². The predicted molar refractivity (Wildman–Crippen MR) is 73.2 cm³/mol. The van der Waals surface area contributed by atoms with Crippen molar-refractivity contribution in [2.75, 3.05) is 7.11 Å². The van der Waals surface area contributed by atoms with Crippen molar-refractivity contribution in [1.82, 2.24) is 0 Å². The maximum atomic E-state index is 12.8. The van der Waals surface area contributed by atoms with Gasteiger partial charge in [0.2, 0.25) is 0 Å². The van der Waals surface area contributed by atoms with Crippen molar-refractivity contribution in [3.63, 3.8) is 0 Å². The van der Waals surface area contributed by atoms with Crippen molar-refractivity contribution in [1.29, 1.82) is 0 Å². The minimum atomic E-state index is -4.47. The lowest BCUT2D eigenvalue weighted by Crippen LogP contribution is -2.05. The lowest BCUT2D eigenvalue weighted by atomic mass is 10.0. The van der Waals surface area contributed by atoms with Gasteiger partial charge in [0.05, 0.1) is 18.2 Å². The standard InChI is InChI=1S/C15H10ClF3O2/c1-21-14(20)10-4-2-9(3-5-10)11-6-12(15(17,18)19)8-13(16)7-11/h2-8H,1H3. The van der Waals surface area contributed by atoms with Crippen LogP contribution >= 0.6 is 11.6 Å². The molecule has 21 heavy (non-hydrogen) atoms. The van der Waals surface area contributed by atoms with Gasteiger partial charge >= 0.3 is 12.1 Å². The fourth-order valence-electron chi connectivity index (χ4n) is 1.84. The van der Waals surface area contributed by atoms with E-state index in [1.54, 1.807) is 0 Å². The van der Waals surface area contributed by atoms with Crippen molar-refractivity contribution in [3.05, 3.63) is 58.6 Å². The molecule has 0 saturated carbocycles. The van der Waals surface area contributed by atoms with Gasteiger partial charge in [0, 0.05) is 5.02 Å². The minimum Gasteiger partial charge on any atom is -0.465 e. The van der Waals surface area contributed by atoms with E-state index in [1.807, 2.05) is 0 Å². The summed E-state index contributed by atoms with van der Waals surface area (Å²) in [4.78, 5) is 11.3. The summed E-state index contributed by atoms with van der Waals surface area (Å²) >= 11 is 5.74. The molecule has 0 aromatic heterocycles. The molecule has 0 aliphatic rings. The number of alkyl halides is 3. The lowest BCUT2D eigenvalue weighted by Gasteiger charge is -2.10. The molecular weight excluding hydrogens is 305 g/mol. The zero-order valence-electron chi connectivity index (χ0n) is 10.9. The van der Waals surface area contributed by atoms with E-state index < -0.39 is 17.7 Å². The maximum absolute atomic E-state index is 12.8. The summed E-state index contributed by atoms with van der Waals surface area (Å²) < 4.78 is 42.8. The van der Waals surface area contributed by atoms with Crippen LogP contribution < -0.4 is 0 Å². The number of ether oxygens (including phenoxy) is 1. The first kappa shape index (κ1) is 15.4. The summed E-state index contributed by atoms with van der Waals surface area (Å²) in [6.45, 7) is 0. The van der Waals surface area contributed by atoms with E-state index in [0.717, 1.165) is 12.1 Å². The van der Waals surface area contributed by atoms with Crippen LogP contribution in [0.2, 0.25) is 5.02 Å². The summed E-state index contributed by atoms with van der Waals surface area (Å²) in [5.74, 6) is -0.511. The van der Waals surface area contributed by atoms with Crippen LogP contribution in [-0.4, -0.2) is 13.1 Å². The summed E-state index contributed by atoms with van der Waals surface area (Å²) in [5, 5.41) is -0.00290. The highest BCUT2D eigenvalue weighted by molar-refractivity contribution is 6.31. The minimum absolute atomic E-state index is 0.00290. The van der Waals surface area contributed by atoms with E-state index in [2.05, 4.69) is 4.74 Å². The summed E-state index contributed by atoms with van der Waals surface area (Å²) in [7, 11) is 1.25. The molecule has 0 aliphatic carbocycles. The average Bonchev–Trinajstić information content (AvgIpc) is 2.45. The first-order valence-corrected chi connectivity index (χ1v) is 6.25. The van der Waals surface area contributed by atoms with Crippen LogP contribution in [0.4, 0.5) is 13.2 Å². The van der Waals surface area contributed by atoms with Crippen molar-refractivity contribution < 1.29 is 22.7 Å². The summed E-state index contributed by atoms with van der Waals surface area (Å²) in [5.41, 5.74) is 0.350. The Kier molecular flexibility index (Phi) is 4.23. The van der Waals surface area contributed by atoms with Crippen LogP contribution in [0.5, 0.6) is 0 Å². The molecule has 2 aromatic rings. The van der Waals surface area contributed by atoms with E-state index in [0.29, 0.717) is 16.7 Å². The molecule has 0 spiro atoms. The lowest BCUT2D eigenvalue weighted by molar-refractivity contribution is -0.137. The van der Waals surface area contributed by atoms with E-state index >= 15 is 0 Å². The van der Waals surface area contributed by atoms with Gasteiger partial charge < -0.3 is 4.74 Å². The van der Waals surface area contributed by atoms with Gasteiger partial charge in [-0.1, -0.05) is 23.7 Å². The van der Waals surface area contributed by atoms with Crippen LogP contribution in [-0.2, 0) is 10.9 Å². The van der Waals surface area contributed by atoms with E-state index in [4.69, 9.17) is 11.6 Å². The Balaban J connectivity index is 2.42. The molecule has 0 atom stereocenters. The van der Waals surface area contributed by atoms with Crippen molar-refractivity contribution in [3.8, 4) is 11.1 Å². The van der Waals surface area contributed by atoms with Gasteiger partial charge in [-0.3, -0.25) is 0 Å². The molecule has 0 heterocycles. The number of carbonyl (C=O) groups excluding carboxylic acids is 1. The Morgan fingerprint density at radius 2 is 1.67 bits per heavy atom. The smallest absolute Gasteiger partial charge is 0.416 e. The Hall–Kier alpha value is -2.01. The number of carbonyl (C=O) groups is 1. The highest BCUT2D eigenvalue weighted by Gasteiger charge is 2.31. The molecule has 0 amide bonds. The first-order chi connectivity index (χ1) is 9.81. The predicted octanol–water partition coefficient (Wildman–Crippen LogP) is 4.81. The number of methoxy groups -OCH3 is 1. The third-order valence-corrected chi connectivity index (χ3v) is 3.08. The third-order valence-electron chi connectivity index (χ3n) is 2.86.